The standard InChI is InChI=1S/C19H19ClN2O6/c1-3-27-16-10-13(6-9-15(16)26-2)19(25)28-11-17(23)21-22-18(24)12-4-7-14(20)8-5-12/h4-10H,3,11H2,1-2H3,(H,21,23)(H,22,24). The average molecular weight is 407 g/mol. The third-order valence-corrected chi connectivity index (χ3v) is 3.71. The summed E-state index contributed by atoms with van der Waals surface area (Å²) in [4.78, 5) is 35.7. The summed E-state index contributed by atoms with van der Waals surface area (Å²) in [7, 11) is 1.48. The molecule has 9 heteroatoms. The summed E-state index contributed by atoms with van der Waals surface area (Å²) in [5.41, 5.74) is 4.88. The first-order valence-electron chi connectivity index (χ1n) is 8.27. The molecule has 8 nitrogen and oxygen atoms in total. The molecule has 0 atom stereocenters. The number of hydrazine groups is 1. The molecule has 0 spiro atoms. The Labute approximate surface area is 166 Å². The Morgan fingerprint density at radius 1 is 0.964 bits per heavy atom. The Hall–Kier alpha value is -3.26. The van der Waals surface area contributed by atoms with Crippen LogP contribution in [0.2, 0.25) is 5.02 Å². The molecule has 0 saturated heterocycles. The smallest absolute Gasteiger partial charge is 0.338 e. The molecule has 28 heavy (non-hydrogen) atoms. The van der Waals surface area contributed by atoms with Crippen LogP contribution < -0.4 is 20.3 Å². The molecular weight excluding hydrogens is 388 g/mol. The van der Waals surface area contributed by atoms with Crippen molar-refractivity contribution in [1.82, 2.24) is 10.9 Å². The lowest BCUT2D eigenvalue weighted by molar-refractivity contribution is -0.125. The van der Waals surface area contributed by atoms with Crippen molar-refractivity contribution in [3.8, 4) is 11.5 Å². The second kappa shape index (κ2) is 10.2. The molecule has 2 aromatic carbocycles. The maximum absolute atomic E-state index is 12.1. The fourth-order valence-corrected chi connectivity index (χ4v) is 2.25. The third kappa shape index (κ3) is 5.88. The number of amides is 2. The molecule has 0 aliphatic carbocycles. The van der Waals surface area contributed by atoms with Gasteiger partial charge in [0.1, 0.15) is 0 Å². The van der Waals surface area contributed by atoms with Crippen LogP contribution in [0, 0.1) is 0 Å². The summed E-state index contributed by atoms with van der Waals surface area (Å²) in [6.45, 7) is 1.62. The molecule has 0 bridgehead atoms. The summed E-state index contributed by atoms with van der Waals surface area (Å²) in [6.07, 6.45) is 0. The highest BCUT2D eigenvalue weighted by molar-refractivity contribution is 6.30. The molecule has 148 valence electrons. The number of nitrogens with one attached hydrogen (secondary N) is 2. The van der Waals surface area contributed by atoms with E-state index in [0.29, 0.717) is 28.7 Å². The fourth-order valence-electron chi connectivity index (χ4n) is 2.12. The van der Waals surface area contributed by atoms with E-state index >= 15 is 0 Å². The van der Waals surface area contributed by atoms with Gasteiger partial charge in [-0.15, -0.1) is 0 Å². The van der Waals surface area contributed by atoms with Gasteiger partial charge in [0.2, 0.25) is 0 Å². The number of carbonyl (C=O) groups excluding carboxylic acids is 3. The minimum absolute atomic E-state index is 0.197. The highest BCUT2D eigenvalue weighted by Crippen LogP contribution is 2.28. The van der Waals surface area contributed by atoms with Gasteiger partial charge in [-0.25, -0.2) is 4.79 Å². The Morgan fingerprint density at radius 3 is 2.29 bits per heavy atom. The van der Waals surface area contributed by atoms with Gasteiger partial charge in [-0.1, -0.05) is 11.6 Å². The molecule has 0 aliphatic heterocycles. The van der Waals surface area contributed by atoms with Crippen LogP contribution in [-0.2, 0) is 9.53 Å². The summed E-state index contributed by atoms with van der Waals surface area (Å²) >= 11 is 5.74. The molecule has 0 unspecified atom stereocenters. The zero-order valence-electron chi connectivity index (χ0n) is 15.3. The molecular formula is C19H19ClN2O6. The van der Waals surface area contributed by atoms with Gasteiger partial charge in [0.05, 0.1) is 19.3 Å². The van der Waals surface area contributed by atoms with Crippen molar-refractivity contribution in [3.63, 3.8) is 0 Å². The van der Waals surface area contributed by atoms with Crippen LogP contribution in [0.25, 0.3) is 0 Å². The van der Waals surface area contributed by atoms with E-state index in [4.69, 9.17) is 25.8 Å². The van der Waals surface area contributed by atoms with Crippen LogP contribution in [0.3, 0.4) is 0 Å². The van der Waals surface area contributed by atoms with Gasteiger partial charge in [0.25, 0.3) is 11.8 Å². The first-order chi connectivity index (χ1) is 13.4. The Balaban J connectivity index is 1.85. The van der Waals surface area contributed by atoms with Crippen LogP contribution in [-0.4, -0.2) is 38.1 Å². The van der Waals surface area contributed by atoms with Crippen molar-refractivity contribution in [1.29, 1.82) is 0 Å². The van der Waals surface area contributed by atoms with Crippen LogP contribution in [0.15, 0.2) is 42.5 Å². The van der Waals surface area contributed by atoms with Crippen LogP contribution in [0.4, 0.5) is 0 Å². The van der Waals surface area contributed by atoms with Crippen LogP contribution in [0.1, 0.15) is 27.6 Å². The number of carbonyl (C=O) groups is 3. The second-order valence-corrected chi connectivity index (χ2v) is 5.82. The van der Waals surface area contributed by atoms with Crippen molar-refractivity contribution < 1.29 is 28.6 Å². The van der Waals surface area contributed by atoms with Gasteiger partial charge in [0, 0.05) is 10.6 Å². The predicted octanol–water partition coefficient (Wildman–Crippen LogP) is 2.37. The van der Waals surface area contributed by atoms with E-state index < -0.39 is 24.4 Å². The van der Waals surface area contributed by atoms with E-state index in [1.165, 1.54) is 31.4 Å². The molecule has 2 rings (SSSR count). The van der Waals surface area contributed by atoms with Crippen molar-refractivity contribution in [2.24, 2.45) is 0 Å². The molecule has 0 aromatic heterocycles. The molecule has 0 saturated carbocycles. The number of hydrogen-bond donors (Lipinski definition) is 2. The third-order valence-electron chi connectivity index (χ3n) is 3.46. The Kier molecular flexibility index (Phi) is 7.65. The summed E-state index contributed by atoms with van der Waals surface area (Å²) in [5, 5.41) is 0.485. The number of ether oxygens (including phenoxy) is 3. The Bertz CT molecular complexity index is 854. The monoisotopic (exact) mass is 406 g/mol. The number of methoxy groups -OCH3 is 1. The van der Waals surface area contributed by atoms with Crippen molar-refractivity contribution in [3.05, 3.63) is 58.6 Å². The quantitative estimate of drug-likeness (QED) is 0.540. The minimum atomic E-state index is -0.720. The first-order valence-corrected chi connectivity index (χ1v) is 8.65. The summed E-state index contributed by atoms with van der Waals surface area (Å²) < 4.78 is 15.5. The maximum atomic E-state index is 12.1. The number of halogens is 1. The summed E-state index contributed by atoms with van der Waals surface area (Å²) in [5.74, 6) is -1.09. The minimum Gasteiger partial charge on any atom is -0.493 e. The van der Waals surface area contributed by atoms with Gasteiger partial charge in [-0.3, -0.25) is 20.4 Å². The van der Waals surface area contributed by atoms with E-state index in [-0.39, 0.29) is 5.56 Å². The molecule has 0 heterocycles. The van der Waals surface area contributed by atoms with Crippen LogP contribution >= 0.6 is 11.6 Å². The molecule has 0 fully saturated rings. The van der Waals surface area contributed by atoms with Crippen LogP contribution in [0.5, 0.6) is 11.5 Å². The van der Waals surface area contributed by atoms with Gasteiger partial charge in [-0.05, 0) is 49.4 Å². The lowest BCUT2D eigenvalue weighted by Gasteiger charge is -2.11. The predicted molar refractivity (Wildman–Crippen MR) is 102 cm³/mol. The van der Waals surface area contributed by atoms with Gasteiger partial charge < -0.3 is 14.2 Å². The van der Waals surface area contributed by atoms with E-state index in [9.17, 15) is 14.4 Å². The normalized spacial score (nSPS) is 9.96. The van der Waals surface area contributed by atoms with Gasteiger partial charge >= 0.3 is 5.97 Å². The molecule has 2 amide bonds. The average Bonchev–Trinajstić information content (AvgIpc) is 2.70. The molecule has 0 radical (unpaired) electrons. The lowest BCUT2D eigenvalue weighted by atomic mass is 10.2. The fraction of sp³-hybridized carbons (Fsp3) is 0.211. The van der Waals surface area contributed by atoms with Gasteiger partial charge in [0.15, 0.2) is 18.1 Å². The topological polar surface area (TPSA) is 103 Å². The van der Waals surface area contributed by atoms with E-state index in [2.05, 4.69) is 10.9 Å². The highest BCUT2D eigenvalue weighted by Gasteiger charge is 2.14. The lowest BCUT2D eigenvalue weighted by Crippen LogP contribution is -2.43. The zero-order valence-corrected chi connectivity index (χ0v) is 16.0. The summed E-state index contributed by atoms with van der Waals surface area (Å²) in [6, 6.07) is 10.6. The Morgan fingerprint density at radius 2 is 1.64 bits per heavy atom. The van der Waals surface area contributed by atoms with Gasteiger partial charge in [-0.2, -0.15) is 0 Å². The number of benzene rings is 2. The number of rotatable bonds is 7. The number of esters is 1. The zero-order chi connectivity index (χ0) is 20.5. The van der Waals surface area contributed by atoms with Crippen molar-refractivity contribution in [2.75, 3.05) is 20.3 Å². The highest BCUT2D eigenvalue weighted by atomic mass is 35.5. The van der Waals surface area contributed by atoms with E-state index in [0.717, 1.165) is 0 Å². The number of hydrogen-bond acceptors (Lipinski definition) is 6. The molecule has 2 N–H and O–H groups in total. The molecule has 0 aliphatic rings. The maximum Gasteiger partial charge on any atom is 0.338 e. The largest absolute Gasteiger partial charge is 0.493 e. The SMILES string of the molecule is CCOc1cc(C(=O)OCC(=O)NNC(=O)c2ccc(Cl)cc2)ccc1OC. The molecule has 2 aromatic rings. The van der Waals surface area contributed by atoms with E-state index in [1.54, 1.807) is 25.1 Å². The van der Waals surface area contributed by atoms with Crippen molar-refractivity contribution in [2.45, 2.75) is 6.92 Å². The first kappa shape index (κ1) is 21.0. The van der Waals surface area contributed by atoms with Crippen molar-refractivity contribution >= 4 is 29.4 Å². The second-order valence-electron chi connectivity index (χ2n) is 5.38. The van der Waals surface area contributed by atoms with E-state index in [1.807, 2.05) is 0 Å².